The lowest BCUT2D eigenvalue weighted by Crippen LogP contribution is -2.17. The van der Waals surface area contributed by atoms with E-state index in [-0.39, 0.29) is 6.10 Å². The third-order valence-corrected chi connectivity index (χ3v) is 2.66. The Bertz CT molecular complexity index is 503. The highest BCUT2D eigenvalue weighted by atomic mass is 16.5. The molecule has 0 aliphatic carbocycles. The molecule has 1 atom stereocenters. The summed E-state index contributed by atoms with van der Waals surface area (Å²) in [5, 5.41) is 12.0. The van der Waals surface area contributed by atoms with Crippen LogP contribution in [0.4, 0.5) is 5.82 Å². The van der Waals surface area contributed by atoms with Gasteiger partial charge < -0.3 is 10.5 Å². The maximum atomic E-state index is 5.84. The summed E-state index contributed by atoms with van der Waals surface area (Å²) in [5.41, 5.74) is 7.50. The number of ether oxygens (including phenoxy) is 1. The van der Waals surface area contributed by atoms with Gasteiger partial charge in [-0.15, -0.1) is 5.10 Å². The average molecular weight is 236 g/mol. The van der Waals surface area contributed by atoms with Crippen LogP contribution >= 0.6 is 0 Å². The Morgan fingerprint density at radius 1 is 1.53 bits per heavy atom. The van der Waals surface area contributed by atoms with E-state index in [1.54, 1.807) is 22.7 Å². The molecule has 0 aromatic carbocycles. The zero-order valence-electron chi connectivity index (χ0n) is 10.2. The Hall–Kier alpha value is -1.89. The van der Waals surface area contributed by atoms with E-state index in [1.807, 2.05) is 20.0 Å². The Morgan fingerprint density at radius 2 is 2.29 bits per heavy atom. The minimum atomic E-state index is 0.0445. The van der Waals surface area contributed by atoms with Gasteiger partial charge in [0.05, 0.1) is 18.3 Å². The molecule has 2 aromatic rings. The molecule has 0 bridgehead atoms. The maximum absolute atomic E-state index is 5.84. The number of aromatic nitrogens is 5. The molecule has 92 valence electrons. The summed E-state index contributed by atoms with van der Waals surface area (Å²) < 4.78 is 8.69. The van der Waals surface area contributed by atoms with Gasteiger partial charge in [-0.3, -0.25) is 4.68 Å². The van der Waals surface area contributed by atoms with Gasteiger partial charge in [-0.05, 0) is 13.0 Å². The van der Waals surface area contributed by atoms with Gasteiger partial charge in [-0.25, -0.2) is 4.68 Å². The molecule has 7 heteroatoms. The lowest BCUT2D eigenvalue weighted by molar-refractivity contribution is 0.0997. The first-order valence-corrected chi connectivity index (χ1v) is 5.33. The van der Waals surface area contributed by atoms with Crippen molar-refractivity contribution in [2.45, 2.75) is 19.6 Å². The second-order valence-corrected chi connectivity index (χ2v) is 3.89. The van der Waals surface area contributed by atoms with Crippen LogP contribution in [0.3, 0.4) is 0 Å². The van der Waals surface area contributed by atoms with E-state index in [0.29, 0.717) is 12.4 Å². The van der Waals surface area contributed by atoms with Crippen molar-refractivity contribution in [3.63, 3.8) is 0 Å². The fraction of sp³-hybridized carbons (Fsp3) is 0.500. The summed E-state index contributed by atoms with van der Waals surface area (Å²) in [6, 6.07) is 1.88. The van der Waals surface area contributed by atoms with Gasteiger partial charge in [0.2, 0.25) is 0 Å². The minimum Gasteiger partial charge on any atom is -0.380 e. The molecule has 0 amide bonds. The van der Waals surface area contributed by atoms with E-state index in [1.165, 1.54) is 0 Å². The number of rotatable bonds is 4. The molecule has 0 aliphatic heterocycles. The first-order chi connectivity index (χ1) is 8.13. The SMILES string of the molecule is COC(C)Cn1nnc(N)c1-c1ccnn1C. The van der Waals surface area contributed by atoms with E-state index in [9.17, 15) is 0 Å². The van der Waals surface area contributed by atoms with E-state index in [2.05, 4.69) is 15.4 Å². The number of hydrogen-bond donors (Lipinski definition) is 1. The highest BCUT2D eigenvalue weighted by Crippen LogP contribution is 2.23. The standard InChI is InChI=1S/C10H16N6O/c1-7(17-3)6-16-9(10(11)13-14-16)8-4-5-12-15(8)2/h4-5,7H,6,11H2,1-3H3. The summed E-state index contributed by atoms with van der Waals surface area (Å²) in [7, 11) is 3.51. The topological polar surface area (TPSA) is 83.8 Å². The molecule has 2 aromatic heterocycles. The van der Waals surface area contributed by atoms with Crippen molar-refractivity contribution in [2.75, 3.05) is 12.8 Å². The number of anilines is 1. The molecule has 2 rings (SSSR count). The van der Waals surface area contributed by atoms with Crippen molar-refractivity contribution < 1.29 is 4.74 Å². The molecule has 0 spiro atoms. The summed E-state index contributed by atoms with van der Waals surface area (Å²) in [6.45, 7) is 2.56. The smallest absolute Gasteiger partial charge is 0.175 e. The van der Waals surface area contributed by atoms with Crippen molar-refractivity contribution >= 4 is 5.82 Å². The Morgan fingerprint density at radius 3 is 2.88 bits per heavy atom. The fourth-order valence-electron chi connectivity index (χ4n) is 1.64. The van der Waals surface area contributed by atoms with Crippen LogP contribution in [0.15, 0.2) is 12.3 Å². The molecule has 0 aliphatic rings. The number of methoxy groups -OCH3 is 1. The van der Waals surface area contributed by atoms with Crippen LogP contribution < -0.4 is 5.73 Å². The molecule has 0 radical (unpaired) electrons. The van der Waals surface area contributed by atoms with Gasteiger partial charge in [-0.2, -0.15) is 5.10 Å². The van der Waals surface area contributed by atoms with Gasteiger partial charge in [0.1, 0.15) is 5.69 Å². The summed E-state index contributed by atoms with van der Waals surface area (Å²) in [6.07, 6.45) is 1.76. The van der Waals surface area contributed by atoms with Gasteiger partial charge in [0.25, 0.3) is 0 Å². The second-order valence-electron chi connectivity index (χ2n) is 3.89. The number of nitrogens with two attached hydrogens (primary N) is 1. The molecule has 2 heterocycles. The van der Waals surface area contributed by atoms with Crippen molar-refractivity contribution in [1.29, 1.82) is 0 Å². The van der Waals surface area contributed by atoms with Crippen LogP contribution in [0.5, 0.6) is 0 Å². The highest BCUT2D eigenvalue weighted by Gasteiger charge is 2.16. The van der Waals surface area contributed by atoms with Gasteiger partial charge >= 0.3 is 0 Å². The van der Waals surface area contributed by atoms with Crippen molar-refractivity contribution in [1.82, 2.24) is 24.8 Å². The van der Waals surface area contributed by atoms with E-state index in [4.69, 9.17) is 10.5 Å². The van der Waals surface area contributed by atoms with E-state index < -0.39 is 0 Å². The van der Waals surface area contributed by atoms with Crippen LogP contribution in [-0.2, 0) is 18.3 Å². The molecular formula is C10H16N6O. The minimum absolute atomic E-state index is 0.0445. The predicted molar refractivity (Wildman–Crippen MR) is 63.1 cm³/mol. The lowest BCUT2D eigenvalue weighted by Gasteiger charge is -2.11. The number of nitrogens with zero attached hydrogens (tertiary/aromatic N) is 5. The number of hydrogen-bond acceptors (Lipinski definition) is 5. The van der Waals surface area contributed by atoms with Crippen molar-refractivity contribution in [2.24, 2.45) is 7.05 Å². The molecule has 7 nitrogen and oxygen atoms in total. The number of nitrogen functional groups attached to an aromatic ring is 1. The Labute approximate surface area is 99.2 Å². The van der Waals surface area contributed by atoms with Gasteiger partial charge in [0.15, 0.2) is 5.82 Å². The zero-order valence-corrected chi connectivity index (χ0v) is 10.2. The highest BCUT2D eigenvalue weighted by molar-refractivity contribution is 5.66. The largest absolute Gasteiger partial charge is 0.380 e. The summed E-state index contributed by atoms with van der Waals surface area (Å²) >= 11 is 0. The second kappa shape index (κ2) is 4.54. The Kier molecular flexibility index (Phi) is 3.10. The summed E-state index contributed by atoms with van der Waals surface area (Å²) in [4.78, 5) is 0. The van der Waals surface area contributed by atoms with Crippen molar-refractivity contribution in [3.05, 3.63) is 12.3 Å². The molecule has 0 saturated carbocycles. The zero-order chi connectivity index (χ0) is 12.4. The maximum Gasteiger partial charge on any atom is 0.175 e. The van der Waals surface area contributed by atoms with E-state index in [0.717, 1.165) is 11.4 Å². The quantitative estimate of drug-likeness (QED) is 0.825. The third kappa shape index (κ3) is 2.14. The summed E-state index contributed by atoms with van der Waals surface area (Å²) in [5.74, 6) is 0.400. The van der Waals surface area contributed by atoms with E-state index >= 15 is 0 Å². The van der Waals surface area contributed by atoms with Crippen LogP contribution in [0.2, 0.25) is 0 Å². The van der Waals surface area contributed by atoms with Crippen molar-refractivity contribution in [3.8, 4) is 11.4 Å². The van der Waals surface area contributed by atoms with Crippen LogP contribution in [0, 0.1) is 0 Å². The first kappa shape index (κ1) is 11.6. The third-order valence-electron chi connectivity index (χ3n) is 2.66. The van der Waals surface area contributed by atoms with Crippen LogP contribution in [0.1, 0.15) is 6.92 Å². The molecule has 17 heavy (non-hydrogen) atoms. The number of aryl methyl sites for hydroxylation is 1. The average Bonchev–Trinajstić information content (AvgIpc) is 2.86. The molecular weight excluding hydrogens is 220 g/mol. The lowest BCUT2D eigenvalue weighted by atomic mass is 10.3. The molecule has 2 N–H and O–H groups in total. The normalized spacial score (nSPS) is 12.9. The van der Waals surface area contributed by atoms with Gasteiger partial charge in [-0.1, -0.05) is 5.21 Å². The predicted octanol–water partition coefficient (Wildman–Crippen LogP) is 0.296. The molecule has 0 saturated heterocycles. The van der Waals surface area contributed by atoms with Crippen LogP contribution in [0.25, 0.3) is 11.4 Å². The monoisotopic (exact) mass is 236 g/mol. The Balaban J connectivity index is 2.40. The molecule has 1 unspecified atom stereocenters. The van der Waals surface area contributed by atoms with Crippen LogP contribution in [-0.4, -0.2) is 38.0 Å². The first-order valence-electron chi connectivity index (χ1n) is 5.33. The van der Waals surface area contributed by atoms with Gasteiger partial charge in [0, 0.05) is 20.4 Å². The molecule has 0 fully saturated rings. The fourth-order valence-corrected chi connectivity index (χ4v) is 1.64.